The van der Waals surface area contributed by atoms with Gasteiger partial charge in [-0.3, -0.25) is 0 Å². The van der Waals surface area contributed by atoms with Gasteiger partial charge in [0.05, 0.1) is 0 Å². The molecule has 0 aliphatic heterocycles. The van der Waals surface area contributed by atoms with Crippen LogP contribution in [-0.2, 0) is 0 Å². The lowest BCUT2D eigenvalue weighted by Gasteiger charge is -2.20. The molecular formula is C50H30O. The van der Waals surface area contributed by atoms with Crippen LogP contribution in [0.4, 0.5) is 0 Å². The van der Waals surface area contributed by atoms with E-state index >= 15 is 0 Å². The molecule has 0 amide bonds. The molecule has 1 aromatic heterocycles. The van der Waals surface area contributed by atoms with E-state index < -0.39 is 0 Å². The molecule has 0 radical (unpaired) electrons. The molecule has 1 heteroatoms. The van der Waals surface area contributed by atoms with Crippen LogP contribution in [0.2, 0.25) is 0 Å². The van der Waals surface area contributed by atoms with E-state index in [9.17, 15) is 0 Å². The van der Waals surface area contributed by atoms with Crippen LogP contribution < -0.4 is 0 Å². The molecule has 0 unspecified atom stereocenters. The molecule has 1 nitrogen and oxygen atoms in total. The van der Waals surface area contributed by atoms with Crippen LogP contribution >= 0.6 is 0 Å². The molecule has 11 rings (SSSR count). The molecule has 10 aromatic carbocycles. The maximum absolute atomic E-state index is 6.51. The SMILES string of the molecule is c1ccc2cc(-c3ccc(-c4c5ccccc5c(-c5ccc6oc7c8ccccc8ccc7c6c5)c5ccccc45)c4ccccc34)ccc2c1. The van der Waals surface area contributed by atoms with E-state index in [1.54, 1.807) is 0 Å². The fourth-order valence-electron chi connectivity index (χ4n) is 8.52. The summed E-state index contributed by atoms with van der Waals surface area (Å²) in [7, 11) is 0. The maximum Gasteiger partial charge on any atom is 0.143 e. The Labute approximate surface area is 294 Å². The van der Waals surface area contributed by atoms with Crippen molar-refractivity contribution in [3.63, 3.8) is 0 Å². The minimum Gasteiger partial charge on any atom is -0.455 e. The Morgan fingerprint density at radius 2 is 0.804 bits per heavy atom. The van der Waals surface area contributed by atoms with Crippen LogP contribution in [0.5, 0.6) is 0 Å². The van der Waals surface area contributed by atoms with Crippen LogP contribution in [0.1, 0.15) is 0 Å². The third-order valence-corrected chi connectivity index (χ3v) is 10.8. The van der Waals surface area contributed by atoms with Crippen LogP contribution in [0.3, 0.4) is 0 Å². The Kier molecular flexibility index (Phi) is 6.02. The zero-order valence-electron chi connectivity index (χ0n) is 27.7. The molecule has 1 heterocycles. The smallest absolute Gasteiger partial charge is 0.143 e. The highest BCUT2D eigenvalue weighted by molar-refractivity contribution is 6.25. The Bertz CT molecular complexity index is 3140. The van der Waals surface area contributed by atoms with Crippen molar-refractivity contribution in [1.82, 2.24) is 0 Å². The van der Waals surface area contributed by atoms with Crippen LogP contribution in [0.15, 0.2) is 186 Å². The molecule has 0 aliphatic carbocycles. The average Bonchev–Trinajstić information content (AvgIpc) is 3.58. The summed E-state index contributed by atoms with van der Waals surface area (Å²) >= 11 is 0. The van der Waals surface area contributed by atoms with Crippen molar-refractivity contribution in [3.05, 3.63) is 182 Å². The predicted octanol–water partition coefficient (Wildman–Crippen LogP) is 14.4. The maximum atomic E-state index is 6.51. The van der Waals surface area contributed by atoms with Gasteiger partial charge in [0.1, 0.15) is 11.2 Å². The summed E-state index contributed by atoms with van der Waals surface area (Å²) in [6, 6.07) is 66.4. The topological polar surface area (TPSA) is 13.1 Å². The predicted molar refractivity (Wildman–Crippen MR) is 218 cm³/mol. The van der Waals surface area contributed by atoms with Crippen LogP contribution in [0.25, 0.3) is 109 Å². The molecule has 0 fully saturated rings. The van der Waals surface area contributed by atoms with E-state index in [4.69, 9.17) is 4.42 Å². The Morgan fingerprint density at radius 3 is 1.53 bits per heavy atom. The number of benzene rings is 10. The molecule has 11 aromatic rings. The van der Waals surface area contributed by atoms with Gasteiger partial charge in [-0.2, -0.15) is 0 Å². The van der Waals surface area contributed by atoms with Gasteiger partial charge >= 0.3 is 0 Å². The standard InChI is InChI=1S/C50H30O/c1-2-13-33-29-34(22-21-31(33)11-1)36-26-27-44(39-16-6-5-15-38(36)39)49-42-19-9-7-17-40(42)48(41-18-8-10-20-43(41)49)35-24-28-47-46(30-35)45-25-23-32-12-3-4-14-37(32)50(45)51-47/h1-30H. The quantitative estimate of drug-likeness (QED) is 0.174. The zero-order chi connectivity index (χ0) is 33.5. The molecule has 0 N–H and O–H groups in total. The summed E-state index contributed by atoms with van der Waals surface area (Å²) in [5.41, 5.74) is 9.30. The minimum absolute atomic E-state index is 0.910. The second kappa shape index (κ2) is 10.9. The number of furan rings is 1. The van der Waals surface area contributed by atoms with E-state index in [-0.39, 0.29) is 0 Å². The van der Waals surface area contributed by atoms with Gasteiger partial charge in [0, 0.05) is 16.2 Å². The lowest BCUT2D eigenvalue weighted by molar-refractivity contribution is 0.672. The Balaban J connectivity index is 1.17. The molecule has 0 saturated carbocycles. The highest BCUT2D eigenvalue weighted by atomic mass is 16.3. The van der Waals surface area contributed by atoms with E-state index in [1.807, 2.05) is 0 Å². The van der Waals surface area contributed by atoms with Crippen molar-refractivity contribution in [2.24, 2.45) is 0 Å². The van der Waals surface area contributed by atoms with Gasteiger partial charge in [0.15, 0.2) is 0 Å². The van der Waals surface area contributed by atoms with Gasteiger partial charge < -0.3 is 4.42 Å². The van der Waals surface area contributed by atoms with Gasteiger partial charge in [0.2, 0.25) is 0 Å². The van der Waals surface area contributed by atoms with E-state index in [0.717, 1.165) is 27.3 Å². The van der Waals surface area contributed by atoms with E-state index in [2.05, 4.69) is 182 Å². The monoisotopic (exact) mass is 646 g/mol. The Morgan fingerprint density at radius 1 is 0.275 bits per heavy atom. The first kappa shape index (κ1) is 28.2. The van der Waals surface area contributed by atoms with Crippen LogP contribution in [-0.4, -0.2) is 0 Å². The lowest BCUT2D eigenvalue weighted by atomic mass is 9.83. The van der Waals surface area contributed by atoms with E-state index in [1.165, 1.54) is 81.9 Å². The van der Waals surface area contributed by atoms with Gasteiger partial charge in [0.25, 0.3) is 0 Å². The van der Waals surface area contributed by atoms with Crippen molar-refractivity contribution in [2.45, 2.75) is 0 Å². The molecule has 51 heavy (non-hydrogen) atoms. The van der Waals surface area contributed by atoms with Gasteiger partial charge in [-0.25, -0.2) is 0 Å². The molecule has 236 valence electrons. The van der Waals surface area contributed by atoms with Crippen molar-refractivity contribution < 1.29 is 4.42 Å². The minimum atomic E-state index is 0.910. The summed E-state index contributed by atoms with van der Waals surface area (Å²) in [6.45, 7) is 0. The summed E-state index contributed by atoms with van der Waals surface area (Å²) in [4.78, 5) is 0. The average molecular weight is 647 g/mol. The zero-order valence-corrected chi connectivity index (χ0v) is 27.7. The number of rotatable bonds is 3. The van der Waals surface area contributed by atoms with E-state index in [0.29, 0.717) is 0 Å². The second-order valence-electron chi connectivity index (χ2n) is 13.6. The molecule has 0 bridgehead atoms. The number of hydrogen-bond acceptors (Lipinski definition) is 1. The highest BCUT2D eigenvalue weighted by Crippen LogP contribution is 2.47. The van der Waals surface area contributed by atoms with Crippen molar-refractivity contribution in [2.75, 3.05) is 0 Å². The highest BCUT2D eigenvalue weighted by Gasteiger charge is 2.20. The van der Waals surface area contributed by atoms with Gasteiger partial charge in [-0.05, 0) is 106 Å². The molecular weight excluding hydrogens is 617 g/mol. The number of fused-ring (bicyclic) bond motifs is 9. The van der Waals surface area contributed by atoms with Gasteiger partial charge in [-0.1, -0.05) is 158 Å². The molecule has 0 aliphatic rings. The van der Waals surface area contributed by atoms with Gasteiger partial charge in [-0.15, -0.1) is 0 Å². The third kappa shape index (κ3) is 4.22. The fourth-order valence-corrected chi connectivity index (χ4v) is 8.52. The molecule has 0 spiro atoms. The summed E-state index contributed by atoms with van der Waals surface area (Å²) in [6.07, 6.45) is 0. The third-order valence-electron chi connectivity index (χ3n) is 10.8. The first-order valence-corrected chi connectivity index (χ1v) is 17.6. The van der Waals surface area contributed by atoms with Crippen molar-refractivity contribution >= 4 is 75.8 Å². The lowest BCUT2D eigenvalue weighted by Crippen LogP contribution is -1.92. The van der Waals surface area contributed by atoms with Crippen molar-refractivity contribution in [1.29, 1.82) is 0 Å². The fraction of sp³-hybridized carbons (Fsp3) is 0. The summed E-state index contributed by atoms with van der Waals surface area (Å²) in [5.74, 6) is 0. The first-order valence-electron chi connectivity index (χ1n) is 17.6. The molecule has 0 saturated heterocycles. The summed E-state index contributed by atoms with van der Waals surface area (Å²) in [5, 5.41) is 14.6. The largest absolute Gasteiger partial charge is 0.455 e. The Hall–Kier alpha value is -6.70. The van der Waals surface area contributed by atoms with Crippen molar-refractivity contribution in [3.8, 4) is 33.4 Å². The first-order chi connectivity index (χ1) is 25.3. The molecule has 0 atom stereocenters. The van der Waals surface area contributed by atoms with Crippen LogP contribution in [0, 0.1) is 0 Å². The number of hydrogen-bond donors (Lipinski definition) is 0. The second-order valence-corrected chi connectivity index (χ2v) is 13.6. The normalized spacial score (nSPS) is 11.9. The summed E-state index contributed by atoms with van der Waals surface area (Å²) < 4.78 is 6.51.